The predicted octanol–water partition coefficient (Wildman–Crippen LogP) is 0.996. The third-order valence-electron chi connectivity index (χ3n) is 4.30. The standard InChI is InChI=1S/C18H28N4O2.ClH/c1-2-6-16(19)18(24)22-11-9-21(10-12-22)14-17(23)20-13-15-7-4-3-5-8-15;/h3-5,7-8,16H,2,6,9-14,19H2,1H3,(H,20,23);1H. The van der Waals surface area contributed by atoms with Gasteiger partial charge in [0.25, 0.3) is 0 Å². The number of hydrogen-bond acceptors (Lipinski definition) is 4. The highest BCUT2D eigenvalue weighted by Gasteiger charge is 2.25. The van der Waals surface area contributed by atoms with E-state index in [0.717, 1.165) is 18.4 Å². The van der Waals surface area contributed by atoms with Gasteiger partial charge in [0.1, 0.15) is 0 Å². The SMILES string of the molecule is CCCC(N)C(=O)N1CCN(CC(=O)NCc2ccccc2)CC1.Cl. The van der Waals surface area contributed by atoms with Gasteiger partial charge in [-0.25, -0.2) is 0 Å². The van der Waals surface area contributed by atoms with Gasteiger partial charge >= 0.3 is 0 Å². The quantitative estimate of drug-likeness (QED) is 0.752. The molecule has 25 heavy (non-hydrogen) atoms. The van der Waals surface area contributed by atoms with Crippen LogP contribution in [0.4, 0.5) is 0 Å². The van der Waals surface area contributed by atoms with E-state index < -0.39 is 6.04 Å². The Morgan fingerprint density at radius 3 is 2.40 bits per heavy atom. The second-order valence-electron chi connectivity index (χ2n) is 6.26. The van der Waals surface area contributed by atoms with E-state index in [4.69, 9.17) is 5.73 Å². The van der Waals surface area contributed by atoms with Gasteiger partial charge in [-0.3, -0.25) is 14.5 Å². The maximum absolute atomic E-state index is 12.2. The zero-order valence-electron chi connectivity index (χ0n) is 14.8. The molecule has 1 fully saturated rings. The minimum atomic E-state index is -0.393. The Balaban J connectivity index is 0.00000312. The Hall–Kier alpha value is -1.63. The molecular formula is C18H29ClN4O2. The van der Waals surface area contributed by atoms with E-state index in [9.17, 15) is 9.59 Å². The van der Waals surface area contributed by atoms with Crippen molar-refractivity contribution in [2.45, 2.75) is 32.4 Å². The number of hydrogen-bond donors (Lipinski definition) is 2. The van der Waals surface area contributed by atoms with Crippen LogP contribution in [0.15, 0.2) is 30.3 Å². The van der Waals surface area contributed by atoms with Crippen LogP contribution in [0.1, 0.15) is 25.3 Å². The lowest BCUT2D eigenvalue weighted by Gasteiger charge is -2.35. The Labute approximate surface area is 156 Å². The minimum Gasteiger partial charge on any atom is -0.351 e. The van der Waals surface area contributed by atoms with Gasteiger partial charge in [0.15, 0.2) is 0 Å². The van der Waals surface area contributed by atoms with E-state index in [0.29, 0.717) is 39.3 Å². The number of nitrogens with zero attached hydrogens (tertiary/aromatic N) is 2. The molecule has 2 rings (SSSR count). The lowest BCUT2D eigenvalue weighted by Crippen LogP contribution is -2.54. The Bertz CT molecular complexity index is 533. The molecule has 0 aliphatic carbocycles. The number of amides is 2. The zero-order valence-corrected chi connectivity index (χ0v) is 15.6. The van der Waals surface area contributed by atoms with Crippen molar-refractivity contribution in [2.24, 2.45) is 5.73 Å². The van der Waals surface area contributed by atoms with Crippen LogP contribution in [0.2, 0.25) is 0 Å². The molecule has 0 radical (unpaired) electrons. The molecule has 7 heteroatoms. The van der Waals surface area contributed by atoms with Gasteiger partial charge in [-0.2, -0.15) is 0 Å². The number of nitrogens with two attached hydrogens (primary N) is 1. The zero-order chi connectivity index (χ0) is 17.4. The van der Waals surface area contributed by atoms with E-state index in [2.05, 4.69) is 10.2 Å². The smallest absolute Gasteiger partial charge is 0.239 e. The van der Waals surface area contributed by atoms with Crippen LogP contribution in [0.25, 0.3) is 0 Å². The molecule has 140 valence electrons. The topological polar surface area (TPSA) is 78.7 Å². The van der Waals surface area contributed by atoms with Gasteiger partial charge < -0.3 is 16.0 Å². The van der Waals surface area contributed by atoms with E-state index in [1.807, 2.05) is 42.2 Å². The summed E-state index contributed by atoms with van der Waals surface area (Å²) in [6.45, 7) is 5.65. The normalized spacial score (nSPS) is 16.0. The summed E-state index contributed by atoms with van der Waals surface area (Å²) in [6, 6.07) is 9.46. The van der Waals surface area contributed by atoms with Gasteiger partial charge in [0.05, 0.1) is 12.6 Å². The highest BCUT2D eigenvalue weighted by molar-refractivity contribution is 5.85. The van der Waals surface area contributed by atoms with Crippen LogP contribution in [0.5, 0.6) is 0 Å². The van der Waals surface area contributed by atoms with Crippen molar-refractivity contribution in [3.05, 3.63) is 35.9 Å². The average molecular weight is 369 g/mol. The molecule has 1 unspecified atom stereocenters. The van der Waals surface area contributed by atoms with E-state index in [-0.39, 0.29) is 24.2 Å². The molecule has 1 aromatic carbocycles. The summed E-state index contributed by atoms with van der Waals surface area (Å²) in [5, 5.41) is 2.93. The number of benzene rings is 1. The van der Waals surface area contributed by atoms with Crippen LogP contribution >= 0.6 is 12.4 Å². The first kappa shape index (κ1) is 21.4. The van der Waals surface area contributed by atoms with Crippen molar-refractivity contribution in [1.29, 1.82) is 0 Å². The number of rotatable bonds is 7. The van der Waals surface area contributed by atoms with Crippen LogP contribution in [-0.4, -0.2) is 60.4 Å². The molecule has 6 nitrogen and oxygen atoms in total. The highest BCUT2D eigenvalue weighted by atomic mass is 35.5. The van der Waals surface area contributed by atoms with Crippen LogP contribution in [-0.2, 0) is 16.1 Å². The first-order valence-corrected chi connectivity index (χ1v) is 8.67. The summed E-state index contributed by atoms with van der Waals surface area (Å²) in [4.78, 5) is 28.1. The van der Waals surface area contributed by atoms with Crippen molar-refractivity contribution in [3.8, 4) is 0 Å². The van der Waals surface area contributed by atoms with E-state index in [1.54, 1.807) is 0 Å². The van der Waals surface area contributed by atoms with Gasteiger partial charge in [-0.05, 0) is 12.0 Å². The molecule has 2 amide bonds. The first-order chi connectivity index (χ1) is 11.6. The maximum atomic E-state index is 12.2. The molecule has 1 aliphatic heterocycles. The Morgan fingerprint density at radius 2 is 1.80 bits per heavy atom. The molecular weight excluding hydrogens is 340 g/mol. The fourth-order valence-corrected chi connectivity index (χ4v) is 2.85. The summed E-state index contributed by atoms with van der Waals surface area (Å²) < 4.78 is 0. The lowest BCUT2D eigenvalue weighted by atomic mass is 10.1. The number of halogens is 1. The monoisotopic (exact) mass is 368 g/mol. The minimum absolute atomic E-state index is 0. The molecule has 1 aromatic rings. The summed E-state index contributed by atoms with van der Waals surface area (Å²) >= 11 is 0. The molecule has 1 aliphatic rings. The van der Waals surface area contributed by atoms with Gasteiger partial charge in [0, 0.05) is 32.7 Å². The van der Waals surface area contributed by atoms with Crippen molar-refractivity contribution >= 4 is 24.2 Å². The lowest BCUT2D eigenvalue weighted by molar-refractivity contribution is -0.134. The van der Waals surface area contributed by atoms with Crippen molar-refractivity contribution in [2.75, 3.05) is 32.7 Å². The molecule has 0 bridgehead atoms. The van der Waals surface area contributed by atoms with Gasteiger partial charge in [0.2, 0.25) is 11.8 Å². The van der Waals surface area contributed by atoms with Crippen molar-refractivity contribution < 1.29 is 9.59 Å². The predicted molar refractivity (Wildman–Crippen MR) is 101 cm³/mol. The third-order valence-corrected chi connectivity index (χ3v) is 4.30. The van der Waals surface area contributed by atoms with E-state index >= 15 is 0 Å². The highest BCUT2D eigenvalue weighted by Crippen LogP contribution is 2.06. The molecule has 0 spiro atoms. The fraction of sp³-hybridized carbons (Fsp3) is 0.556. The van der Waals surface area contributed by atoms with Crippen molar-refractivity contribution in [3.63, 3.8) is 0 Å². The molecule has 1 saturated heterocycles. The molecule has 3 N–H and O–H groups in total. The second kappa shape index (κ2) is 11.1. The van der Waals surface area contributed by atoms with Crippen LogP contribution in [0, 0.1) is 0 Å². The van der Waals surface area contributed by atoms with Gasteiger partial charge in [-0.1, -0.05) is 43.7 Å². The summed E-state index contributed by atoms with van der Waals surface area (Å²) in [6.07, 6.45) is 1.63. The van der Waals surface area contributed by atoms with Crippen LogP contribution in [0.3, 0.4) is 0 Å². The number of carbonyl (C=O) groups is 2. The maximum Gasteiger partial charge on any atom is 0.239 e. The Kier molecular flexibility index (Phi) is 9.49. The summed E-state index contributed by atoms with van der Waals surface area (Å²) in [5.41, 5.74) is 6.99. The average Bonchev–Trinajstić information content (AvgIpc) is 2.61. The van der Waals surface area contributed by atoms with E-state index in [1.165, 1.54) is 0 Å². The second-order valence-corrected chi connectivity index (χ2v) is 6.26. The van der Waals surface area contributed by atoms with Crippen LogP contribution < -0.4 is 11.1 Å². The molecule has 0 saturated carbocycles. The third kappa shape index (κ3) is 7.02. The van der Waals surface area contributed by atoms with Crippen molar-refractivity contribution in [1.82, 2.24) is 15.1 Å². The first-order valence-electron chi connectivity index (χ1n) is 8.67. The molecule has 1 atom stereocenters. The fourth-order valence-electron chi connectivity index (χ4n) is 2.85. The Morgan fingerprint density at radius 1 is 1.16 bits per heavy atom. The number of nitrogens with one attached hydrogen (secondary N) is 1. The molecule has 1 heterocycles. The largest absolute Gasteiger partial charge is 0.351 e. The number of carbonyl (C=O) groups excluding carboxylic acids is 2. The molecule has 0 aromatic heterocycles. The van der Waals surface area contributed by atoms with Gasteiger partial charge in [-0.15, -0.1) is 12.4 Å². The number of piperazine rings is 1. The summed E-state index contributed by atoms with van der Waals surface area (Å²) in [7, 11) is 0. The summed E-state index contributed by atoms with van der Waals surface area (Å²) in [5.74, 6) is 0.0475.